The molecule has 0 aliphatic rings. The molecule has 0 radical (unpaired) electrons. The van der Waals surface area contributed by atoms with Crippen LogP contribution in [0.5, 0.6) is 0 Å². The number of nitrogens with zero attached hydrogens (tertiary/aromatic N) is 1. The molecule has 1 aromatic carbocycles. The van der Waals surface area contributed by atoms with Gasteiger partial charge in [0.25, 0.3) is 5.56 Å². The van der Waals surface area contributed by atoms with Crippen molar-refractivity contribution in [1.29, 1.82) is 0 Å². The van der Waals surface area contributed by atoms with E-state index in [0.717, 1.165) is 15.6 Å². The highest BCUT2D eigenvalue weighted by molar-refractivity contribution is 9.10. The zero-order chi connectivity index (χ0) is 18.7. The zero-order valence-corrected chi connectivity index (χ0v) is 16.2. The Morgan fingerprint density at radius 1 is 1.23 bits per heavy atom. The summed E-state index contributed by atoms with van der Waals surface area (Å²) in [5, 5.41) is 1.85. The van der Waals surface area contributed by atoms with E-state index >= 15 is 0 Å². The molecule has 0 bridgehead atoms. The van der Waals surface area contributed by atoms with E-state index in [-0.39, 0.29) is 19.9 Å². The Bertz CT molecular complexity index is 1050. The van der Waals surface area contributed by atoms with Crippen molar-refractivity contribution in [2.75, 3.05) is 13.2 Å². The molecule has 7 nitrogen and oxygen atoms in total. The highest BCUT2D eigenvalue weighted by Crippen LogP contribution is 2.32. The first-order chi connectivity index (χ1) is 12.5. The van der Waals surface area contributed by atoms with Gasteiger partial charge in [0.2, 0.25) is 0 Å². The van der Waals surface area contributed by atoms with Crippen molar-refractivity contribution in [3.05, 3.63) is 55.0 Å². The van der Waals surface area contributed by atoms with E-state index in [9.17, 15) is 14.4 Å². The van der Waals surface area contributed by atoms with E-state index in [1.165, 1.54) is 22.8 Å². The smallest absolute Gasteiger partial charge is 0.330 e. The molecule has 3 aromatic rings. The molecule has 2 heterocycles. The molecule has 0 saturated heterocycles. The van der Waals surface area contributed by atoms with E-state index in [0.29, 0.717) is 10.2 Å². The molecule has 0 atom stereocenters. The number of benzene rings is 1. The van der Waals surface area contributed by atoms with Gasteiger partial charge in [0, 0.05) is 22.3 Å². The van der Waals surface area contributed by atoms with Crippen LogP contribution in [0, 0.1) is 0 Å². The molecule has 9 heteroatoms. The first kappa shape index (κ1) is 18.6. The van der Waals surface area contributed by atoms with Gasteiger partial charge < -0.3 is 9.47 Å². The van der Waals surface area contributed by atoms with Gasteiger partial charge in [-0.15, -0.1) is 11.3 Å². The maximum Gasteiger partial charge on any atom is 0.330 e. The fourth-order valence-corrected chi connectivity index (χ4v) is 3.70. The summed E-state index contributed by atoms with van der Waals surface area (Å²) in [5.74, 6) is -0.396. The first-order valence-electron chi connectivity index (χ1n) is 7.68. The number of rotatable bonds is 6. The van der Waals surface area contributed by atoms with E-state index in [1.807, 2.05) is 29.6 Å². The third kappa shape index (κ3) is 3.95. The Kier molecular flexibility index (Phi) is 5.70. The second-order valence-electron chi connectivity index (χ2n) is 5.40. The lowest BCUT2D eigenvalue weighted by molar-refractivity contribution is -0.142. The van der Waals surface area contributed by atoms with Crippen LogP contribution in [0.1, 0.15) is 6.92 Å². The predicted octanol–water partition coefficient (Wildman–Crippen LogP) is 2.72. The quantitative estimate of drug-likeness (QED) is 0.471. The highest BCUT2D eigenvalue weighted by atomic mass is 79.9. The molecule has 0 saturated carbocycles. The molecule has 26 heavy (non-hydrogen) atoms. The van der Waals surface area contributed by atoms with Crippen LogP contribution < -0.4 is 11.2 Å². The van der Waals surface area contributed by atoms with Gasteiger partial charge >= 0.3 is 11.7 Å². The van der Waals surface area contributed by atoms with Crippen LogP contribution in [0.2, 0.25) is 0 Å². The Morgan fingerprint density at radius 2 is 1.96 bits per heavy atom. The van der Waals surface area contributed by atoms with Crippen molar-refractivity contribution < 1.29 is 14.3 Å². The van der Waals surface area contributed by atoms with Crippen molar-refractivity contribution in [1.82, 2.24) is 9.55 Å². The van der Waals surface area contributed by atoms with Gasteiger partial charge in [0.05, 0.1) is 12.1 Å². The topological polar surface area (TPSA) is 90.4 Å². The number of ether oxygens (including phenoxy) is 2. The number of aromatic nitrogens is 2. The van der Waals surface area contributed by atoms with Gasteiger partial charge in [-0.25, -0.2) is 4.79 Å². The summed E-state index contributed by atoms with van der Waals surface area (Å²) in [5.41, 5.74) is 1.22. The largest absolute Gasteiger partial charge is 0.463 e. The lowest BCUT2D eigenvalue weighted by Gasteiger charge is -2.10. The van der Waals surface area contributed by atoms with Crippen LogP contribution in [-0.2, 0) is 21.0 Å². The van der Waals surface area contributed by atoms with Crippen LogP contribution in [0.4, 0.5) is 0 Å². The summed E-state index contributed by atoms with van der Waals surface area (Å²) < 4.78 is 13.0. The fourth-order valence-electron chi connectivity index (χ4n) is 2.46. The number of fused-ring (bicyclic) bond motifs is 1. The number of esters is 1. The molecule has 0 unspecified atom stereocenters. The van der Waals surface area contributed by atoms with Crippen molar-refractivity contribution in [3.63, 3.8) is 0 Å². The standard InChI is InChI=1S/C17H15BrN2O5S/c1-10(21)25-7-6-24-9-20-14-13(11-2-4-12(18)5-3-11)8-26-15(14)16(22)19-17(20)23/h2-5,8H,6-7,9H2,1H3,(H,19,22,23). The molecule has 0 spiro atoms. The Morgan fingerprint density at radius 3 is 2.65 bits per heavy atom. The van der Waals surface area contributed by atoms with Gasteiger partial charge in [0.1, 0.15) is 18.0 Å². The summed E-state index contributed by atoms with van der Waals surface area (Å²) in [6.07, 6.45) is 0. The Balaban J connectivity index is 1.98. The number of thiophene rings is 1. The van der Waals surface area contributed by atoms with Gasteiger partial charge in [-0.3, -0.25) is 19.1 Å². The van der Waals surface area contributed by atoms with Crippen LogP contribution in [0.15, 0.2) is 43.7 Å². The molecular formula is C17H15BrN2O5S. The number of H-pyrrole nitrogens is 1. The van der Waals surface area contributed by atoms with Crippen molar-refractivity contribution >= 4 is 43.5 Å². The number of hydrogen-bond donors (Lipinski definition) is 1. The summed E-state index contributed by atoms with van der Waals surface area (Å²) >= 11 is 4.66. The van der Waals surface area contributed by atoms with Gasteiger partial charge in [-0.05, 0) is 17.7 Å². The number of aromatic amines is 1. The minimum atomic E-state index is -0.549. The lowest BCUT2D eigenvalue weighted by Crippen LogP contribution is -2.30. The monoisotopic (exact) mass is 438 g/mol. The van der Waals surface area contributed by atoms with Crippen LogP contribution >= 0.6 is 27.3 Å². The van der Waals surface area contributed by atoms with Crippen LogP contribution in [0.3, 0.4) is 0 Å². The molecule has 2 aromatic heterocycles. The van der Waals surface area contributed by atoms with Crippen LogP contribution in [0.25, 0.3) is 21.3 Å². The summed E-state index contributed by atoms with van der Waals surface area (Å²) in [7, 11) is 0. The van der Waals surface area contributed by atoms with E-state index in [2.05, 4.69) is 20.9 Å². The number of halogens is 1. The minimum Gasteiger partial charge on any atom is -0.463 e. The van der Waals surface area contributed by atoms with Gasteiger partial charge in [0.15, 0.2) is 0 Å². The lowest BCUT2D eigenvalue weighted by atomic mass is 10.1. The van der Waals surface area contributed by atoms with Crippen molar-refractivity contribution in [2.45, 2.75) is 13.7 Å². The maximum atomic E-state index is 12.3. The molecule has 0 amide bonds. The van der Waals surface area contributed by atoms with Gasteiger partial charge in [-0.1, -0.05) is 28.1 Å². The molecule has 3 rings (SSSR count). The van der Waals surface area contributed by atoms with E-state index in [4.69, 9.17) is 9.47 Å². The second kappa shape index (κ2) is 7.98. The average molecular weight is 439 g/mol. The summed E-state index contributed by atoms with van der Waals surface area (Å²) in [4.78, 5) is 37.5. The number of nitrogens with one attached hydrogen (secondary N) is 1. The molecule has 1 N–H and O–H groups in total. The summed E-state index contributed by atoms with van der Waals surface area (Å²) in [6.45, 7) is 1.49. The average Bonchev–Trinajstić information content (AvgIpc) is 3.03. The van der Waals surface area contributed by atoms with Gasteiger partial charge in [-0.2, -0.15) is 0 Å². The predicted molar refractivity (Wildman–Crippen MR) is 102 cm³/mol. The number of carbonyl (C=O) groups is 1. The Labute approximate surface area is 160 Å². The van der Waals surface area contributed by atoms with E-state index in [1.54, 1.807) is 0 Å². The second-order valence-corrected chi connectivity index (χ2v) is 7.19. The third-order valence-electron chi connectivity index (χ3n) is 3.62. The molecule has 0 fully saturated rings. The highest BCUT2D eigenvalue weighted by Gasteiger charge is 2.15. The maximum absolute atomic E-state index is 12.3. The number of carbonyl (C=O) groups excluding carboxylic acids is 1. The molecular weight excluding hydrogens is 424 g/mol. The first-order valence-corrected chi connectivity index (χ1v) is 9.36. The fraction of sp³-hybridized carbons (Fsp3) is 0.235. The van der Waals surface area contributed by atoms with Crippen LogP contribution in [-0.4, -0.2) is 28.7 Å². The third-order valence-corrected chi connectivity index (χ3v) is 5.11. The number of hydrogen-bond acceptors (Lipinski definition) is 6. The van der Waals surface area contributed by atoms with E-state index < -0.39 is 17.2 Å². The molecule has 0 aliphatic carbocycles. The Hall–Kier alpha value is -2.23. The zero-order valence-electron chi connectivity index (χ0n) is 13.8. The van der Waals surface area contributed by atoms with Crippen molar-refractivity contribution in [3.8, 4) is 11.1 Å². The minimum absolute atomic E-state index is 0.0619. The molecule has 0 aliphatic heterocycles. The summed E-state index contributed by atoms with van der Waals surface area (Å²) in [6, 6.07) is 7.60. The van der Waals surface area contributed by atoms with Crippen molar-refractivity contribution in [2.24, 2.45) is 0 Å². The normalized spacial score (nSPS) is 11.0. The molecule has 136 valence electrons. The SMILES string of the molecule is CC(=O)OCCOCn1c(=O)[nH]c(=O)c2scc(-c3ccc(Br)cc3)c21.